The molecule has 1 amide bonds. The Kier molecular flexibility index (Phi) is 3.25. The van der Waals surface area contributed by atoms with Crippen LogP contribution in [-0.2, 0) is 14.6 Å². The SMILES string of the molecule is O=C(N[C@@H]1C[C@H]1c1ccc(Cl)c(F)c1)C1CS(=O)(=O)C1. The molecule has 1 N–H and O–H groups in total. The lowest BCUT2D eigenvalue weighted by molar-refractivity contribution is -0.124. The van der Waals surface area contributed by atoms with Crippen molar-refractivity contribution in [1.29, 1.82) is 0 Å². The maximum atomic E-state index is 13.3. The first kappa shape index (κ1) is 13.8. The van der Waals surface area contributed by atoms with Gasteiger partial charge in [-0.25, -0.2) is 12.8 Å². The number of carbonyl (C=O) groups is 1. The van der Waals surface area contributed by atoms with E-state index < -0.39 is 21.6 Å². The topological polar surface area (TPSA) is 63.2 Å². The molecule has 1 saturated heterocycles. The van der Waals surface area contributed by atoms with Crippen LogP contribution in [0, 0.1) is 11.7 Å². The summed E-state index contributed by atoms with van der Waals surface area (Å²) in [6.45, 7) is 0. The van der Waals surface area contributed by atoms with Crippen LogP contribution in [0.15, 0.2) is 18.2 Å². The molecule has 2 atom stereocenters. The van der Waals surface area contributed by atoms with E-state index in [1.165, 1.54) is 12.1 Å². The van der Waals surface area contributed by atoms with Gasteiger partial charge in [-0.2, -0.15) is 0 Å². The first-order chi connectivity index (χ1) is 9.35. The fourth-order valence-corrected chi connectivity index (χ4v) is 4.03. The van der Waals surface area contributed by atoms with Gasteiger partial charge >= 0.3 is 0 Å². The van der Waals surface area contributed by atoms with Gasteiger partial charge in [0.05, 0.1) is 22.4 Å². The maximum absolute atomic E-state index is 13.3. The van der Waals surface area contributed by atoms with Gasteiger partial charge in [0.2, 0.25) is 5.91 Å². The third-order valence-corrected chi connectivity index (χ3v) is 5.90. The normalized spacial score (nSPS) is 27.7. The van der Waals surface area contributed by atoms with Gasteiger partial charge in [0.1, 0.15) is 5.82 Å². The lowest BCUT2D eigenvalue weighted by Gasteiger charge is -2.24. The minimum Gasteiger partial charge on any atom is -0.352 e. The Balaban J connectivity index is 1.57. The molecular weight excluding hydrogens is 305 g/mol. The van der Waals surface area contributed by atoms with Crippen molar-refractivity contribution in [2.45, 2.75) is 18.4 Å². The summed E-state index contributed by atoms with van der Waals surface area (Å²) in [5.74, 6) is -1.16. The van der Waals surface area contributed by atoms with Crippen molar-refractivity contribution in [3.05, 3.63) is 34.6 Å². The summed E-state index contributed by atoms with van der Waals surface area (Å²) in [4.78, 5) is 11.8. The Bertz CT molecular complexity index is 664. The van der Waals surface area contributed by atoms with E-state index in [1.54, 1.807) is 6.07 Å². The second-order valence-electron chi connectivity index (χ2n) is 5.40. The number of carbonyl (C=O) groups excluding carboxylic acids is 1. The maximum Gasteiger partial charge on any atom is 0.225 e. The van der Waals surface area contributed by atoms with Crippen LogP contribution in [-0.4, -0.2) is 31.9 Å². The summed E-state index contributed by atoms with van der Waals surface area (Å²) in [6, 6.07) is 4.59. The van der Waals surface area contributed by atoms with Gasteiger partial charge in [-0.15, -0.1) is 0 Å². The van der Waals surface area contributed by atoms with Gasteiger partial charge in [-0.05, 0) is 24.1 Å². The molecule has 20 heavy (non-hydrogen) atoms. The van der Waals surface area contributed by atoms with E-state index in [2.05, 4.69) is 5.32 Å². The van der Waals surface area contributed by atoms with E-state index in [-0.39, 0.29) is 34.4 Å². The molecule has 7 heteroatoms. The van der Waals surface area contributed by atoms with Crippen molar-refractivity contribution in [3.8, 4) is 0 Å². The van der Waals surface area contributed by atoms with E-state index in [1.807, 2.05) is 0 Å². The van der Waals surface area contributed by atoms with Crippen LogP contribution in [0.25, 0.3) is 0 Å². The lowest BCUT2D eigenvalue weighted by Crippen LogP contribution is -2.47. The van der Waals surface area contributed by atoms with Crippen LogP contribution < -0.4 is 5.32 Å². The Morgan fingerprint density at radius 2 is 2.05 bits per heavy atom. The molecule has 2 fully saturated rings. The second kappa shape index (κ2) is 4.70. The first-order valence-corrected chi connectivity index (χ1v) is 8.51. The number of benzene rings is 1. The van der Waals surface area contributed by atoms with Crippen LogP contribution in [0.2, 0.25) is 5.02 Å². The predicted octanol–water partition coefficient (Wildman–Crippen LogP) is 1.50. The molecule has 1 heterocycles. The monoisotopic (exact) mass is 317 g/mol. The number of nitrogens with one attached hydrogen (secondary N) is 1. The molecule has 3 rings (SSSR count). The highest BCUT2D eigenvalue weighted by Gasteiger charge is 2.44. The zero-order valence-corrected chi connectivity index (χ0v) is 12.0. The van der Waals surface area contributed by atoms with Gasteiger partial charge in [0.25, 0.3) is 0 Å². The fourth-order valence-electron chi connectivity index (χ4n) is 2.48. The Hall–Kier alpha value is -1.14. The number of halogens is 2. The third kappa shape index (κ3) is 2.67. The number of hydrogen-bond donors (Lipinski definition) is 1. The van der Waals surface area contributed by atoms with Crippen molar-refractivity contribution in [1.82, 2.24) is 5.32 Å². The van der Waals surface area contributed by atoms with Gasteiger partial charge in [0, 0.05) is 12.0 Å². The van der Waals surface area contributed by atoms with E-state index in [4.69, 9.17) is 11.6 Å². The molecule has 0 unspecified atom stereocenters. The van der Waals surface area contributed by atoms with Crippen molar-refractivity contribution >= 4 is 27.3 Å². The molecule has 1 aromatic rings. The zero-order valence-electron chi connectivity index (χ0n) is 10.5. The van der Waals surface area contributed by atoms with Crippen molar-refractivity contribution in [2.24, 2.45) is 5.92 Å². The summed E-state index contributed by atoms with van der Waals surface area (Å²) in [7, 11) is -2.99. The molecule has 0 radical (unpaired) electrons. The molecule has 1 aliphatic heterocycles. The highest BCUT2D eigenvalue weighted by molar-refractivity contribution is 7.92. The smallest absolute Gasteiger partial charge is 0.225 e. The van der Waals surface area contributed by atoms with Crippen LogP contribution >= 0.6 is 11.6 Å². The van der Waals surface area contributed by atoms with Gasteiger partial charge in [-0.1, -0.05) is 17.7 Å². The third-order valence-electron chi connectivity index (χ3n) is 3.77. The molecule has 2 aliphatic rings. The standard InChI is InChI=1S/C13H13ClFNO3S/c14-10-2-1-7(3-11(10)15)9-4-12(9)16-13(17)8-5-20(18,19)6-8/h1-3,8-9,12H,4-6H2,(H,16,17)/t9-,12+/m0/s1. The van der Waals surface area contributed by atoms with Crippen LogP contribution in [0.4, 0.5) is 4.39 Å². The number of rotatable bonds is 3. The van der Waals surface area contributed by atoms with E-state index >= 15 is 0 Å². The molecule has 1 aromatic carbocycles. The summed E-state index contributed by atoms with van der Waals surface area (Å²) in [5, 5.41) is 2.90. The Labute approximate surface area is 121 Å². The largest absolute Gasteiger partial charge is 0.352 e. The molecule has 0 aromatic heterocycles. The van der Waals surface area contributed by atoms with E-state index in [9.17, 15) is 17.6 Å². The zero-order chi connectivity index (χ0) is 14.5. The van der Waals surface area contributed by atoms with Gasteiger partial charge in [-0.3, -0.25) is 4.79 Å². The average Bonchev–Trinajstić information content (AvgIpc) is 3.08. The molecule has 4 nitrogen and oxygen atoms in total. The highest BCUT2D eigenvalue weighted by Crippen LogP contribution is 2.41. The van der Waals surface area contributed by atoms with Crippen LogP contribution in [0.5, 0.6) is 0 Å². The fraction of sp³-hybridized carbons (Fsp3) is 0.462. The number of hydrogen-bond acceptors (Lipinski definition) is 3. The molecule has 1 saturated carbocycles. The average molecular weight is 318 g/mol. The predicted molar refractivity (Wildman–Crippen MR) is 72.8 cm³/mol. The Morgan fingerprint density at radius 3 is 2.65 bits per heavy atom. The lowest BCUT2D eigenvalue weighted by atomic mass is 10.1. The van der Waals surface area contributed by atoms with E-state index in [0.29, 0.717) is 0 Å². The van der Waals surface area contributed by atoms with Crippen molar-refractivity contribution < 1.29 is 17.6 Å². The highest BCUT2D eigenvalue weighted by atomic mass is 35.5. The summed E-state index contributed by atoms with van der Waals surface area (Å²) in [6.07, 6.45) is 0.742. The molecule has 0 bridgehead atoms. The molecular formula is C13H13ClFNO3S. The van der Waals surface area contributed by atoms with Gasteiger partial charge < -0.3 is 5.32 Å². The Morgan fingerprint density at radius 1 is 1.35 bits per heavy atom. The van der Waals surface area contributed by atoms with Gasteiger partial charge in [0.15, 0.2) is 9.84 Å². The molecule has 108 valence electrons. The molecule has 1 aliphatic carbocycles. The summed E-state index contributed by atoms with van der Waals surface area (Å²) in [5.41, 5.74) is 0.804. The van der Waals surface area contributed by atoms with Crippen molar-refractivity contribution in [3.63, 3.8) is 0 Å². The minimum atomic E-state index is -2.99. The quantitative estimate of drug-likeness (QED) is 0.919. The van der Waals surface area contributed by atoms with Crippen LogP contribution in [0.3, 0.4) is 0 Å². The van der Waals surface area contributed by atoms with Crippen molar-refractivity contribution in [2.75, 3.05) is 11.5 Å². The minimum absolute atomic E-state index is 0.0358. The van der Waals surface area contributed by atoms with E-state index in [0.717, 1.165) is 12.0 Å². The number of amides is 1. The summed E-state index contributed by atoms with van der Waals surface area (Å²) < 4.78 is 35.4. The molecule has 0 spiro atoms. The second-order valence-corrected chi connectivity index (χ2v) is 7.97. The number of sulfone groups is 1. The first-order valence-electron chi connectivity index (χ1n) is 6.31. The summed E-state index contributed by atoms with van der Waals surface area (Å²) >= 11 is 5.62. The van der Waals surface area contributed by atoms with Crippen LogP contribution in [0.1, 0.15) is 17.9 Å².